The number of aromatic nitrogens is 1. The first-order valence-corrected chi connectivity index (χ1v) is 5.27. The zero-order valence-electron chi connectivity index (χ0n) is 9.78. The molecule has 0 saturated carbocycles. The number of rotatable bonds is 4. The zero-order valence-corrected chi connectivity index (χ0v) is 9.78. The molecule has 1 N–H and O–H groups in total. The number of carbonyl (C=O) groups excluding carboxylic acids is 2. The second kappa shape index (κ2) is 5.39. The van der Waals surface area contributed by atoms with Gasteiger partial charge in [-0.25, -0.2) is 4.98 Å². The first kappa shape index (κ1) is 12.4. The molecule has 0 atom stereocenters. The van der Waals surface area contributed by atoms with Crippen molar-refractivity contribution in [3.05, 3.63) is 29.6 Å². The number of hydrogen-bond acceptors (Lipinski definition) is 3. The quantitative estimate of drug-likeness (QED) is 0.792. The Balaban J connectivity index is 0.00000256. The summed E-state index contributed by atoms with van der Waals surface area (Å²) in [6.07, 6.45) is 0. The first-order valence-electron chi connectivity index (χ1n) is 5.27. The van der Waals surface area contributed by atoms with Crippen LogP contribution in [0.5, 0.6) is 0 Å². The Morgan fingerprint density at radius 2 is 2.00 bits per heavy atom. The molecule has 1 amide bonds. The fourth-order valence-corrected chi connectivity index (χ4v) is 1.14. The lowest BCUT2D eigenvalue weighted by molar-refractivity contribution is 0.0944. The van der Waals surface area contributed by atoms with Crippen LogP contribution in [0.25, 0.3) is 0 Å². The fraction of sp³-hybridized carbons (Fsp3) is 0.417. The van der Waals surface area contributed by atoms with Gasteiger partial charge in [0.15, 0.2) is 5.78 Å². The van der Waals surface area contributed by atoms with Gasteiger partial charge in [-0.3, -0.25) is 9.59 Å². The van der Waals surface area contributed by atoms with Crippen LogP contribution >= 0.6 is 0 Å². The van der Waals surface area contributed by atoms with E-state index in [0.717, 1.165) is 0 Å². The van der Waals surface area contributed by atoms with Gasteiger partial charge in [0, 0.05) is 14.9 Å². The van der Waals surface area contributed by atoms with E-state index < -0.39 is 0 Å². The van der Waals surface area contributed by atoms with Gasteiger partial charge in [0.1, 0.15) is 11.4 Å². The summed E-state index contributed by atoms with van der Waals surface area (Å²) in [6.45, 7) is 6.06. The van der Waals surface area contributed by atoms with Gasteiger partial charge in [-0.15, -0.1) is 0 Å². The predicted octanol–water partition coefficient (Wildman–Crippen LogP) is 1.92. The molecule has 0 fully saturated rings. The summed E-state index contributed by atoms with van der Waals surface area (Å²) in [5, 5.41) is 2.75. The molecule has 1 heterocycles. The van der Waals surface area contributed by atoms with Gasteiger partial charge < -0.3 is 5.32 Å². The summed E-state index contributed by atoms with van der Waals surface area (Å²) >= 11 is 0. The molecule has 0 aromatic carbocycles. The average molecular weight is 222 g/mol. The van der Waals surface area contributed by atoms with E-state index in [9.17, 15) is 9.59 Å². The van der Waals surface area contributed by atoms with Crippen molar-refractivity contribution in [2.75, 3.05) is 6.54 Å². The molecule has 88 valence electrons. The Bertz CT molecular complexity index is 405. The van der Waals surface area contributed by atoms with Crippen LogP contribution in [0, 0.1) is 5.92 Å². The number of hydrogen-bond donors (Lipinski definition) is 1. The highest BCUT2D eigenvalue weighted by Crippen LogP contribution is 2.01. The van der Waals surface area contributed by atoms with Crippen LogP contribution in [0.15, 0.2) is 18.2 Å². The van der Waals surface area contributed by atoms with Gasteiger partial charge in [0.25, 0.3) is 5.91 Å². The second-order valence-corrected chi connectivity index (χ2v) is 4.07. The summed E-state index contributed by atoms with van der Waals surface area (Å²) in [4.78, 5) is 26.7. The number of nitrogens with one attached hydrogen (secondary N) is 1. The molecule has 1 rings (SSSR count). The van der Waals surface area contributed by atoms with Crippen molar-refractivity contribution in [2.45, 2.75) is 20.8 Å². The summed E-state index contributed by atoms with van der Waals surface area (Å²) in [5.74, 6) is 0.00949. The van der Waals surface area contributed by atoms with E-state index in [0.29, 0.717) is 18.2 Å². The van der Waals surface area contributed by atoms with E-state index >= 15 is 0 Å². The molecule has 4 heteroatoms. The van der Waals surface area contributed by atoms with Gasteiger partial charge in [-0.05, 0) is 18.1 Å². The topological polar surface area (TPSA) is 59.1 Å². The molecule has 0 aliphatic rings. The average Bonchev–Trinajstić information content (AvgIpc) is 2.26. The molecule has 0 unspecified atom stereocenters. The lowest BCUT2D eigenvalue weighted by Crippen LogP contribution is -2.28. The fourth-order valence-electron chi connectivity index (χ4n) is 1.14. The minimum atomic E-state index is -0.239. The maximum atomic E-state index is 11.6. The van der Waals surface area contributed by atoms with Crippen LogP contribution < -0.4 is 5.32 Å². The number of amides is 1. The van der Waals surface area contributed by atoms with E-state index in [1.165, 1.54) is 6.92 Å². The Morgan fingerprint density at radius 3 is 2.56 bits per heavy atom. The van der Waals surface area contributed by atoms with Crippen LogP contribution in [0.4, 0.5) is 0 Å². The molecular weight excluding hydrogens is 204 g/mol. The summed E-state index contributed by atoms with van der Waals surface area (Å²) in [6, 6.07) is 4.86. The monoisotopic (exact) mass is 222 g/mol. The number of Topliss-reactive ketones (excluding diaryl/α,β-unsaturated/α-hetero) is 1. The van der Waals surface area contributed by atoms with E-state index in [1.54, 1.807) is 18.2 Å². The van der Waals surface area contributed by atoms with E-state index in [-0.39, 0.29) is 18.8 Å². The molecule has 1 aromatic rings. The minimum absolute atomic E-state index is 0. The number of ketones is 1. The highest BCUT2D eigenvalue weighted by Gasteiger charge is 2.09. The highest BCUT2D eigenvalue weighted by atomic mass is 16.2. The largest absolute Gasteiger partial charge is 0.350 e. The van der Waals surface area contributed by atoms with Crippen LogP contribution in [-0.4, -0.2) is 23.2 Å². The van der Waals surface area contributed by atoms with Crippen LogP contribution in [0.2, 0.25) is 0 Å². The van der Waals surface area contributed by atoms with Crippen LogP contribution in [-0.2, 0) is 0 Å². The predicted molar refractivity (Wildman–Crippen MR) is 63.5 cm³/mol. The van der Waals surface area contributed by atoms with Crippen molar-refractivity contribution in [1.29, 1.82) is 0 Å². The number of pyridine rings is 1. The van der Waals surface area contributed by atoms with Crippen molar-refractivity contribution < 1.29 is 11.0 Å². The number of carbonyl (C=O) groups is 2. The molecule has 1 aromatic heterocycles. The highest BCUT2D eigenvalue weighted by molar-refractivity contribution is 5.96. The standard InChI is InChI=1S/C12H16N2O2.H2/c1-8(2)7-13-12(16)11-6-4-5-10(14-11)9(3)15;/h4-6,8H,7H2,1-3H3,(H,13,16);1H. The summed E-state index contributed by atoms with van der Waals surface area (Å²) < 4.78 is 0. The van der Waals surface area contributed by atoms with Crippen molar-refractivity contribution >= 4 is 11.7 Å². The number of nitrogens with zero attached hydrogens (tertiary/aromatic N) is 1. The second-order valence-electron chi connectivity index (χ2n) is 4.07. The Hall–Kier alpha value is -1.71. The van der Waals surface area contributed by atoms with E-state index in [1.807, 2.05) is 13.8 Å². The zero-order chi connectivity index (χ0) is 12.1. The summed E-state index contributed by atoms with van der Waals surface area (Å²) in [7, 11) is 0. The maximum absolute atomic E-state index is 11.6. The lowest BCUT2D eigenvalue weighted by atomic mass is 10.2. The maximum Gasteiger partial charge on any atom is 0.269 e. The molecule has 0 aliphatic heterocycles. The molecule has 0 radical (unpaired) electrons. The lowest BCUT2D eigenvalue weighted by Gasteiger charge is -2.07. The van der Waals surface area contributed by atoms with Gasteiger partial charge in [-0.1, -0.05) is 19.9 Å². The Morgan fingerprint density at radius 1 is 1.38 bits per heavy atom. The van der Waals surface area contributed by atoms with Crippen LogP contribution in [0.3, 0.4) is 0 Å². The SMILES string of the molecule is CC(=O)c1cccc(C(=O)NCC(C)C)n1.[HH]. The molecule has 0 spiro atoms. The van der Waals surface area contributed by atoms with Gasteiger partial charge in [-0.2, -0.15) is 0 Å². The van der Waals surface area contributed by atoms with Crippen molar-refractivity contribution in [2.24, 2.45) is 5.92 Å². The van der Waals surface area contributed by atoms with Gasteiger partial charge in [0.2, 0.25) is 0 Å². The van der Waals surface area contributed by atoms with Gasteiger partial charge >= 0.3 is 0 Å². The molecule has 0 saturated heterocycles. The van der Waals surface area contributed by atoms with Crippen molar-refractivity contribution in [3.63, 3.8) is 0 Å². The molecule has 16 heavy (non-hydrogen) atoms. The normalized spacial score (nSPS) is 10.2. The third-order valence-corrected chi connectivity index (χ3v) is 2.01. The summed E-state index contributed by atoms with van der Waals surface area (Å²) in [5.41, 5.74) is 0.602. The van der Waals surface area contributed by atoms with Crippen LogP contribution in [0.1, 0.15) is 43.2 Å². The van der Waals surface area contributed by atoms with Crippen molar-refractivity contribution in [1.82, 2.24) is 10.3 Å². The third kappa shape index (κ3) is 3.46. The van der Waals surface area contributed by atoms with Crippen molar-refractivity contribution in [3.8, 4) is 0 Å². The Labute approximate surface area is 96.6 Å². The van der Waals surface area contributed by atoms with E-state index in [2.05, 4.69) is 10.3 Å². The van der Waals surface area contributed by atoms with Gasteiger partial charge in [0.05, 0.1) is 0 Å². The van der Waals surface area contributed by atoms with E-state index in [4.69, 9.17) is 0 Å². The molecule has 0 aliphatic carbocycles. The minimum Gasteiger partial charge on any atom is -0.350 e. The third-order valence-electron chi connectivity index (χ3n) is 2.01. The molecule has 0 bridgehead atoms. The Kier molecular flexibility index (Phi) is 4.17. The first-order chi connectivity index (χ1) is 7.50. The smallest absolute Gasteiger partial charge is 0.269 e. The molecular formula is C12H18N2O2. The molecule has 4 nitrogen and oxygen atoms in total.